The Hall–Kier alpha value is -2.19. The lowest BCUT2D eigenvalue weighted by Gasteiger charge is -2.08. The average molecular weight is 307 g/mol. The van der Waals surface area contributed by atoms with Crippen LogP contribution in [0.3, 0.4) is 0 Å². The summed E-state index contributed by atoms with van der Waals surface area (Å²) < 4.78 is 5.40. The monoisotopic (exact) mass is 307 g/mol. The molecule has 0 aliphatic rings. The lowest BCUT2D eigenvalue weighted by Crippen LogP contribution is -2.20. The molecule has 1 aromatic carbocycles. The fraction of sp³-hybridized carbons (Fsp3) is 0.308. The van der Waals surface area contributed by atoms with E-state index in [0.717, 1.165) is 10.7 Å². The maximum Gasteiger partial charge on any atom is 0.264 e. The van der Waals surface area contributed by atoms with Gasteiger partial charge < -0.3 is 15.8 Å². The van der Waals surface area contributed by atoms with Gasteiger partial charge in [0.15, 0.2) is 6.61 Å². The number of ether oxygens (including phenoxy) is 1. The van der Waals surface area contributed by atoms with E-state index < -0.39 is 0 Å². The summed E-state index contributed by atoms with van der Waals surface area (Å²) in [5.41, 5.74) is 6.37. The van der Waals surface area contributed by atoms with Crippen LogP contribution in [0.1, 0.15) is 5.01 Å². The second kappa shape index (κ2) is 7.55. The van der Waals surface area contributed by atoms with E-state index in [1.54, 1.807) is 12.1 Å². The predicted molar refractivity (Wildman–Crippen MR) is 82.8 cm³/mol. The summed E-state index contributed by atoms with van der Waals surface area (Å²) in [6.07, 6.45) is 0. The van der Waals surface area contributed by atoms with Crippen LogP contribution in [-0.4, -0.2) is 35.8 Å². The minimum atomic E-state index is -0.267. The molecular formula is C13H17N5O2S. The van der Waals surface area contributed by atoms with Gasteiger partial charge in [-0.2, -0.15) is 0 Å². The molecule has 0 atom stereocenters. The molecule has 0 saturated carbocycles. The zero-order valence-corrected chi connectivity index (χ0v) is 12.4. The van der Waals surface area contributed by atoms with E-state index in [2.05, 4.69) is 20.8 Å². The van der Waals surface area contributed by atoms with E-state index >= 15 is 0 Å². The first-order valence-electron chi connectivity index (χ1n) is 6.44. The van der Waals surface area contributed by atoms with Crippen LogP contribution in [0.2, 0.25) is 0 Å². The number of carbonyl (C=O) groups is 1. The van der Waals surface area contributed by atoms with Crippen LogP contribution in [0, 0.1) is 6.92 Å². The average Bonchev–Trinajstić information content (AvgIpc) is 2.89. The Morgan fingerprint density at radius 2 is 2.10 bits per heavy atom. The topological polar surface area (TPSA) is 102 Å². The summed E-state index contributed by atoms with van der Waals surface area (Å²) in [6.45, 7) is 3.03. The number of benzene rings is 1. The summed E-state index contributed by atoms with van der Waals surface area (Å²) in [5, 5.41) is 14.7. The number of amides is 1. The van der Waals surface area contributed by atoms with Crippen molar-refractivity contribution in [2.45, 2.75) is 6.92 Å². The first-order valence-corrected chi connectivity index (χ1v) is 7.26. The second-order valence-corrected chi connectivity index (χ2v) is 5.38. The second-order valence-electron chi connectivity index (χ2n) is 4.20. The van der Waals surface area contributed by atoms with E-state index in [1.165, 1.54) is 11.3 Å². The zero-order chi connectivity index (χ0) is 15.1. The van der Waals surface area contributed by atoms with Crippen LogP contribution >= 0.6 is 11.3 Å². The van der Waals surface area contributed by atoms with Crippen molar-refractivity contribution in [3.8, 4) is 5.75 Å². The van der Waals surface area contributed by atoms with Crippen molar-refractivity contribution in [1.29, 1.82) is 0 Å². The van der Waals surface area contributed by atoms with E-state index in [0.29, 0.717) is 24.0 Å². The van der Waals surface area contributed by atoms with Crippen molar-refractivity contribution in [1.82, 2.24) is 10.2 Å². The molecule has 0 spiro atoms. The number of hydrogen-bond donors (Lipinski definition) is 3. The highest BCUT2D eigenvalue weighted by Crippen LogP contribution is 2.16. The van der Waals surface area contributed by atoms with E-state index in [1.807, 2.05) is 19.1 Å². The Morgan fingerprint density at radius 1 is 1.33 bits per heavy atom. The molecule has 7 nitrogen and oxygen atoms in total. The number of aromatic nitrogens is 2. The highest BCUT2D eigenvalue weighted by Gasteiger charge is 2.07. The SMILES string of the molecule is Cc1nnc(NC(=O)COc2ccc(NCCN)cc2)s1. The molecule has 8 heteroatoms. The molecule has 0 bridgehead atoms. The van der Waals surface area contributed by atoms with Crippen molar-refractivity contribution in [2.24, 2.45) is 5.73 Å². The Bertz CT molecular complexity index is 585. The molecule has 0 aliphatic heterocycles. The predicted octanol–water partition coefficient (Wildman–Crippen LogP) is 1.23. The van der Waals surface area contributed by atoms with Crippen molar-refractivity contribution in [2.75, 3.05) is 30.3 Å². The molecular weight excluding hydrogens is 290 g/mol. The van der Waals surface area contributed by atoms with Gasteiger partial charge in [0.05, 0.1) is 0 Å². The third-order valence-corrected chi connectivity index (χ3v) is 3.22. The van der Waals surface area contributed by atoms with Crippen LogP contribution in [0.15, 0.2) is 24.3 Å². The Morgan fingerprint density at radius 3 is 2.71 bits per heavy atom. The lowest BCUT2D eigenvalue weighted by atomic mass is 10.3. The number of aryl methyl sites for hydroxylation is 1. The molecule has 21 heavy (non-hydrogen) atoms. The van der Waals surface area contributed by atoms with Gasteiger partial charge in [0.1, 0.15) is 10.8 Å². The standard InChI is InChI=1S/C13H17N5O2S/c1-9-17-18-13(21-9)16-12(19)8-20-11-4-2-10(3-5-11)15-7-6-14/h2-5,15H,6-8,14H2,1H3,(H,16,18,19). The van der Waals surface area contributed by atoms with Crippen LogP contribution in [0.4, 0.5) is 10.8 Å². The molecule has 1 aromatic heterocycles. The molecule has 0 unspecified atom stereocenters. The largest absolute Gasteiger partial charge is 0.484 e. The zero-order valence-electron chi connectivity index (χ0n) is 11.6. The molecule has 0 radical (unpaired) electrons. The molecule has 2 rings (SSSR count). The summed E-state index contributed by atoms with van der Waals surface area (Å²) >= 11 is 1.32. The molecule has 0 fully saturated rings. The number of nitrogens with zero attached hydrogens (tertiary/aromatic N) is 2. The van der Waals surface area contributed by atoms with Gasteiger partial charge in [0.25, 0.3) is 5.91 Å². The number of anilines is 2. The number of nitrogens with two attached hydrogens (primary N) is 1. The summed E-state index contributed by atoms with van der Waals surface area (Å²) in [4.78, 5) is 11.7. The number of rotatable bonds is 7. The van der Waals surface area contributed by atoms with Gasteiger partial charge in [-0.05, 0) is 31.2 Å². The Labute approximate surface area is 126 Å². The van der Waals surface area contributed by atoms with E-state index in [4.69, 9.17) is 10.5 Å². The number of nitrogens with one attached hydrogen (secondary N) is 2. The molecule has 0 saturated heterocycles. The van der Waals surface area contributed by atoms with Gasteiger partial charge in [-0.15, -0.1) is 10.2 Å². The molecule has 112 valence electrons. The summed E-state index contributed by atoms with van der Waals surface area (Å²) in [5.74, 6) is 0.355. The lowest BCUT2D eigenvalue weighted by molar-refractivity contribution is -0.118. The van der Waals surface area contributed by atoms with E-state index in [-0.39, 0.29) is 12.5 Å². The van der Waals surface area contributed by atoms with Gasteiger partial charge in [0.2, 0.25) is 5.13 Å². The van der Waals surface area contributed by atoms with Crippen molar-refractivity contribution in [3.05, 3.63) is 29.3 Å². The van der Waals surface area contributed by atoms with Crippen LogP contribution in [0.25, 0.3) is 0 Å². The van der Waals surface area contributed by atoms with Gasteiger partial charge in [0, 0.05) is 18.8 Å². The first kappa shape index (κ1) is 15.2. The van der Waals surface area contributed by atoms with Gasteiger partial charge in [-0.25, -0.2) is 0 Å². The molecule has 2 aromatic rings. The third kappa shape index (κ3) is 5.01. The maximum atomic E-state index is 11.7. The van der Waals surface area contributed by atoms with Crippen molar-refractivity contribution >= 4 is 28.1 Å². The smallest absolute Gasteiger partial charge is 0.264 e. The molecule has 1 heterocycles. The molecule has 1 amide bonds. The molecule has 0 aliphatic carbocycles. The van der Waals surface area contributed by atoms with Gasteiger partial charge in [-0.3, -0.25) is 10.1 Å². The van der Waals surface area contributed by atoms with Crippen LogP contribution < -0.4 is 21.1 Å². The fourth-order valence-electron chi connectivity index (χ4n) is 1.54. The summed E-state index contributed by atoms with van der Waals surface area (Å²) in [7, 11) is 0. The summed E-state index contributed by atoms with van der Waals surface area (Å²) in [6, 6.07) is 7.33. The van der Waals surface area contributed by atoms with E-state index in [9.17, 15) is 4.79 Å². The Kier molecular flexibility index (Phi) is 5.47. The normalized spacial score (nSPS) is 10.2. The Balaban J connectivity index is 1.78. The number of carbonyl (C=O) groups excluding carboxylic acids is 1. The van der Waals surface area contributed by atoms with Gasteiger partial charge >= 0.3 is 0 Å². The van der Waals surface area contributed by atoms with Crippen LogP contribution in [-0.2, 0) is 4.79 Å². The fourth-order valence-corrected chi connectivity index (χ4v) is 2.14. The van der Waals surface area contributed by atoms with Crippen LogP contribution in [0.5, 0.6) is 5.75 Å². The highest BCUT2D eigenvalue weighted by molar-refractivity contribution is 7.15. The van der Waals surface area contributed by atoms with Gasteiger partial charge in [-0.1, -0.05) is 11.3 Å². The maximum absolute atomic E-state index is 11.7. The first-order chi connectivity index (χ1) is 10.2. The quantitative estimate of drug-likeness (QED) is 0.711. The van der Waals surface area contributed by atoms with Crippen molar-refractivity contribution < 1.29 is 9.53 Å². The van der Waals surface area contributed by atoms with Crippen molar-refractivity contribution in [3.63, 3.8) is 0 Å². The number of hydrogen-bond acceptors (Lipinski definition) is 7. The highest BCUT2D eigenvalue weighted by atomic mass is 32.1. The minimum Gasteiger partial charge on any atom is -0.484 e. The molecule has 4 N–H and O–H groups in total. The third-order valence-electron chi connectivity index (χ3n) is 2.47. The minimum absolute atomic E-state index is 0.0752.